The molecule has 1 atom stereocenters. The van der Waals surface area contributed by atoms with E-state index in [-0.39, 0.29) is 12.4 Å². The lowest BCUT2D eigenvalue weighted by molar-refractivity contribution is -0.159. The largest absolute Gasteiger partial charge is 0.471 e. The van der Waals surface area contributed by atoms with E-state index in [1.165, 1.54) is 18.5 Å². The SMILES string of the molecule is Cn1cc(S(C)(=O)=NCc2cn3ccc(-c4noc(C(F)(F)F)n4)cc3n2)cn1. The third kappa shape index (κ3) is 3.85. The average molecular weight is 425 g/mol. The maximum Gasteiger partial charge on any atom is 0.471 e. The number of nitrogens with zero attached hydrogens (tertiary/aromatic N) is 7. The molecule has 0 aromatic carbocycles. The molecule has 0 radical (unpaired) electrons. The molecule has 4 aromatic rings. The topological polar surface area (TPSA) is 103 Å². The van der Waals surface area contributed by atoms with E-state index in [4.69, 9.17) is 0 Å². The summed E-state index contributed by atoms with van der Waals surface area (Å²) < 4.78 is 62.3. The van der Waals surface area contributed by atoms with Gasteiger partial charge in [0.1, 0.15) is 5.65 Å². The van der Waals surface area contributed by atoms with Crippen LogP contribution in [-0.2, 0) is 29.5 Å². The first-order chi connectivity index (χ1) is 13.6. The van der Waals surface area contributed by atoms with Crippen LogP contribution in [-0.4, -0.2) is 39.8 Å². The van der Waals surface area contributed by atoms with Gasteiger partial charge in [-0.1, -0.05) is 5.16 Å². The van der Waals surface area contributed by atoms with Crippen molar-refractivity contribution in [1.82, 2.24) is 29.3 Å². The lowest BCUT2D eigenvalue weighted by Crippen LogP contribution is -2.04. The Labute approximate surface area is 162 Å². The number of hydrogen-bond acceptors (Lipinski definition) is 7. The Morgan fingerprint density at radius 3 is 2.72 bits per heavy atom. The van der Waals surface area contributed by atoms with E-state index in [0.717, 1.165) is 0 Å². The van der Waals surface area contributed by atoms with Crippen molar-refractivity contribution in [3.05, 3.63) is 48.5 Å². The molecule has 0 fully saturated rings. The molecule has 13 heteroatoms. The Hall–Kier alpha value is -3.22. The molecule has 0 amide bonds. The Balaban J connectivity index is 1.61. The third-order valence-electron chi connectivity index (χ3n) is 4.03. The summed E-state index contributed by atoms with van der Waals surface area (Å²) in [5, 5.41) is 7.36. The monoisotopic (exact) mass is 425 g/mol. The highest BCUT2D eigenvalue weighted by Crippen LogP contribution is 2.29. The summed E-state index contributed by atoms with van der Waals surface area (Å²) in [5.74, 6) is -1.61. The van der Waals surface area contributed by atoms with E-state index < -0.39 is 21.8 Å². The molecular weight excluding hydrogens is 411 g/mol. The molecule has 1 unspecified atom stereocenters. The predicted molar refractivity (Wildman–Crippen MR) is 95.2 cm³/mol. The molecule has 4 heterocycles. The summed E-state index contributed by atoms with van der Waals surface area (Å²) in [6.07, 6.45) is 3.25. The van der Waals surface area contributed by atoms with Gasteiger partial charge in [0.2, 0.25) is 5.82 Å². The zero-order valence-corrected chi connectivity index (χ0v) is 16.0. The van der Waals surface area contributed by atoms with Gasteiger partial charge in [-0.2, -0.15) is 23.3 Å². The molecule has 0 aliphatic carbocycles. The molecule has 0 aliphatic heterocycles. The van der Waals surface area contributed by atoms with Crippen molar-refractivity contribution < 1.29 is 21.9 Å². The van der Waals surface area contributed by atoms with Crippen molar-refractivity contribution in [3.63, 3.8) is 0 Å². The van der Waals surface area contributed by atoms with E-state index in [1.807, 2.05) is 0 Å². The third-order valence-corrected chi connectivity index (χ3v) is 5.74. The van der Waals surface area contributed by atoms with Crippen LogP contribution >= 0.6 is 0 Å². The van der Waals surface area contributed by atoms with Crippen molar-refractivity contribution in [2.24, 2.45) is 11.4 Å². The zero-order chi connectivity index (χ0) is 20.8. The minimum Gasteiger partial charge on any atom is -0.329 e. The number of pyridine rings is 1. The fraction of sp³-hybridized carbons (Fsp3) is 0.250. The second-order valence-electron chi connectivity index (χ2n) is 6.27. The number of halogens is 3. The highest BCUT2D eigenvalue weighted by Gasteiger charge is 2.38. The van der Waals surface area contributed by atoms with Gasteiger partial charge >= 0.3 is 12.1 Å². The molecule has 4 aromatic heterocycles. The molecule has 29 heavy (non-hydrogen) atoms. The lowest BCUT2D eigenvalue weighted by atomic mass is 10.2. The minimum absolute atomic E-state index is 0.0989. The van der Waals surface area contributed by atoms with Crippen LogP contribution in [0, 0.1) is 0 Å². The summed E-state index contributed by atoms with van der Waals surface area (Å²) >= 11 is 0. The molecule has 0 N–H and O–H groups in total. The van der Waals surface area contributed by atoms with Gasteiger partial charge in [0, 0.05) is 37.5 Å². The highest BCUT2D eigenvalue weighted by atomic mass is 32.2. The van der Waals surface area contributed by atoms with Crippen molar-refractivity contribution in [1.29, 1.82) is 0 Å². The molecule has 0 saturated heterocycles. The quantitative estimate of drug-likeness (QED) is 0.498. The van der Waals surface area contributed by atoms with Crippen LogP contribution in [0.25, 0.3) is 17.0 Å². The van der Waals surface area contributed by atoms with Crippen LogP contribution in [0.3, 0.4) is 0 Å². The summed E-state index contributed by atoms with van der Waals surface area (Å²) in [6, 6.07) is 3.07. The van der Waals surface area contributed by atoms with Crippen LogP contribution < -0.4 is 0 Å². The number of aryl methyl sites for hydroxylation is 1. The number of fused-ring (bicyclic) bond motifs is 1. The van der Waals surface area contributed by atoms with Gasteiger partial charge in [-0.3, -0.25) is 4.68 Å². The van der Waals surface area contributed by atoms with Gasteiger partial charge < -0.3 is 8.92 Å². The average Bonchev–Trinajstić information content (AvgIpc) is 3.37. The molecule has 4 rings (SSSR count). The Bertz CT molecular complexity index is 1310. The van der Waals surface area contributed by atoms with Crippen LogP contribution in [0.5, 0.6) is 0 Å². The molecule has 9 nitrogen and oxygen atoms in total. The zero-order valence-electron chi connectivity index (χ0n) is 15.2. The smallest absolute Gasteiger partial charge is 0.329 e. The van der Waals surface area contributed by atoms with E-state index in [2.05, 4.69) is 29.1 Å². The van der Waals surface area contributed by atoms with Gasteiger partial charge in [0.25, 0.3) is 0 Å². The fourth-order valence-corrected chi connectivity index (χ4v) is 3.68. The normalized spacial score (nSPS) is 14.2. The van der Waals surface area contributed by atoms with Gasteiger partial charge in [0.05, 0.1) is 33.1 Å². The van der Waals surface area contributed by atoms with Gasteiger partial charge in [-0.15, -0.1) is 0 Å². The van der Waals surface area contributed by atoms with Gasteiger partial charge in [-0.25, -0.2) is 13.6 Å². The number of aromatic nitrogens is 6. The van der Waals surface area contributed by atoms with Crippen LogP contribution in [0.1, 0.15) is 11.6 Å². The standard InChI is InChI=1S/C16H14F3N7O2S/c1-25-9-12(7-20-25)29(2,27)21-6-11-8-26-4-3-10(5-13(26)22-11)14-23-15(28-24-14)16(17,18)19/h3-5,7-9H,6H2,1-2H3. The second-order valence-corrected chi connectivity index (χ2v) is 8.61. The Morgan fingerprint density at radius 2 is 2.07 bits per heavy atom. The Kier molecular flexibility index (Phi) is 4.41. The summed E-state index contributed by atoms with van der Waals surface area (Å²) in [4.78, 5) is 8.25. The number of imidazole rings is 1. The predicted octanol–water partition coefficient (Wildman–Crippen LogP) is 2.79. The molecular formula is C16H14F3N7O2S. The fourth-order valence-electron chi connectivity index (χ4n) is 2.56. The summed E-state index contributed by atoms with van der Waals surface area (Å²) in [5.41, 5.74) is 1.32. The summed E-state index contributed by atoms with van der Waals surface area (Å²) in [6.45, 7) is 0.0989. The summed E-state index contributed by atoms with van der Waals surface area (Å²) in [7, 11) is -0.912. The maximum atomic E-state index is 12.7. The molecule has 0 spiro atoms. The van der Waals surface area contributed by atoms with E-state index >= 15 is 0 Å². The van der Waals surface area contributed by atoms with E-state index in [9.17, 15) is 17.4 Å². The van der Waals surface area contributed by atoms with Crippen LogP contribution in [0.15, 0.2) is 50.7 Å². The Morgan fingerprint density at radius 1 is 1.28 bits per heavy atom. The molecule has 0 saturated carbocycles. The number of hydrogen-bond donors (Lipinski definition) is 0. The maximum absolute atomic E-state index is 12.7. The minimum atomic E-state index is -4.71. The molecule has 152 valence electrons. The van der Waals surface area contributed by atoms with E-state index in [0.29, 0.717) is 21.8 Å². The first-order valence-electron chi connectivity index (χ1n) is 8.17. The number of rotatable bonds is 4. The molecule has 0 aliphatic rings. The number of alkyl halides is 3. The molecule has 0 bridgehead atoms. The van der Waals surface area contributed by atoms with Crippen LogP contribution in [0.2, 0.25) is 0 Å². The first-order valence-corrected chi connectivity index (χ1v) is 10.1. The lowest BCUT2D eigenvalue weighted by Gasteiger charge is -1.99. The van der Waals surface area contributed by atoms with Crippen LogP contribution in [0.4, 0.5) is 13.2 Å². The van der Waals surface area contributed by atoms with E-state index in [1.54, 1.807) is 40.8 Å². The highest BCUT2D eigenvalue weighted by molar-refractivity contribution is 7.93. The van der Waals surface area contributed by atoms with Crippen molar-refractivity contribution in [2.75, 3.05) is 6.26 Å². The van der Waals surface area contributed by atoms with Gasteiger partial charge in [-0.05, 0) is 12.1 Å². The van der Waals surface area contributed by atoms with Crippen molar-refractivity contribution in [2.45, 2.75) is 17.6 Å². The van der Waals surface area contributed by atoms with Gasteiger partial charge in [0.15, 0.2) is 0 Å². The van der Waals surface area contributed by atoms with Crippen molar-refractivity contribution in [3.8, 4) is 11.4 Å². The van der Waals surface area contributed by atoms with Crippen molar-refractivity contribution >= 4 is 15.4 Å². The first kappa shape index (κ1) is 19.1. The second kappa shape index (κ2) is 6.69.